The quantitative estimate of drug-likeness (QED) is 0.412. The fourth-order valence-corrected chi connectivity index (χ4v) is 3.82. The van der Waals surface area contributed by atoms with Gasteiger partial charge in [-0.3, -0.25) is 0 Å². The summed E-state index contributed by atoms with van der Waals surface area (Å²) in [6, 6.07) is 27.2. The molecule has 6 rings (SSSR count). The summed E-state index contributed by atoms with van der Waals surface area (Å²) in [5, 5.41) is 5.63. The van der Waals surface area contributed by atoms with Gasteiger partial charge in [0.25, 0.3) is 0 Å². The molecule has 0 bridgehead atoms. The van der Waals surface area contributed by atoms with E-state index in [2.05, 4.69) is 4.98 Å². The molecule has 148 valence electrons. The highest BCUT2D eigenvalue weighted by Gasteiger charge is 2.19. The summed E-state index contributed by atoms with van der Waals surface area (Å²) in [6.07, 6.45) is 1.93. The van der Waals surface area contributed by atoms with Crippen LogP contribution in [0.15, 0.2) is 100 Å². The molecule has 0 atom stereocenters. The lowest BCUT2D eigenvalue weighted by Crippen LogP contribution is -1.99. The number of rotatable bonds is 3. The molecule has 6 heteroatoms. The lowest BCUT2D eigenvalue weighted by molar-refractivity contribution is 0.568. The summed E-state index contributed by atoms with van der Waals surface area (Å²) >= 11 is 0. The predicted octanol–water partition coefficient (Wildman–Crippen LogP) is 5.19. The van der Waals surface area contributed by atoms with Gasteiger partial charge in [0.1, 0.15) is 22.6 Å². The van der Waals surface area contributed by atoms with Gasteiger partial charge in [-0.2, -0.15) is 5.10 Å². The maximum absolute atomic E-state index is 12.6. The van der Waals surface area contributed by atoms with E-state index in [-0.39, 0.29) is 0 Å². The molecule has 31 heavy (non-hydrogen) atoms. The summed E-state index contributed by atoms with van der Waals surface area (Å²) in [7, 11) is 0. The fourth-order valence-electron chi connectivity index (χ4n) is 3.82. The monoisotopic (exact) mass is 404 g/mol. The van der Waals surface area contributed by atoms with E-state index in [1.54, 1.807) is 6.07 Å². The molecule has 0 aliphatic carbocycles. The second-order valence-corrected chi connectivity index (χ2v) is 7.23. The molecule has 0 radical (unpaired) electrons. The maximum Gasteiger partial charge on any atom is 0.362 e. The normalized spacial score (nSPS) is 11.4. The molecule has 0 fully saturated rings. The van der Waals surface area contributed by atoms with Crippen LogP contribution in [0, 0.1) is 0 Å². The lowest BCUT2D eigenvalue weighted by Gasteiger charge is -2.00. The number of aromatic nitrogens is 4. The highest BCUT2D eigenvalue weighted by Crippen LogP contribution is 2.32. The Morgan fingerprint density at radius 1 is 0.839 bits per heavy atom. The third-order valence-electron chi connectivity index (χ3n) is 5.29. The number of hydrogen-bond acceptors (Lipinski definition) is 4. The van der Waals surface area contributed by atoms with Crippen molar-refractivity contribution in [3.8, 4) is 28.3 Å². The van der Waals surface area contributed by atoms with Crippen LogP contribution in [0.2, 0.25) is 0 Å². The Hall–Kier alpha value is -4.45. The van der Waals surface area contributed by atoms with E-state index >= 15 is 0 Å². The first-order valence-electron chi connectivity index (χ1n) is 9.90. The zero-order valence-electron chi connectivity index (χ0n) is 16.3. The third-order valence-corrected chi connectivity index (χ3v) is 5.29. The van der Waals surface area contributed by atoms with Crippen LogP contribution in [0.1, 0.15) is 0 Å². The molecule has 0 saturated carbocycles. The summed E-state index contributed by atoms with van der Waals surface area (Å²) in [6.45, 7) is 0. The molecular weight excluding hydrogens is 388 g/mol. The molecule has 0 aliphatic heterocycles. The average molecular weight is 404 g/mol. The Morgan fingerprint density at radius 2 is 1.55 bits per heavy atom. The van der Waals surface area contributed by atoms with Crippen LogP contribution in [-0.2, 0) is 0 Å². The predicted molar refractivity (Wildman–Crippen MR) is 120 cm³/mol. The summed E-state index contributed by atoms with van der Waals surface area (Å²) in [4.78, 5) is 20.5. The Kier molecular flexibility index (Phi) is 3.83. The number of nitrogens with zero attached hydrogens (tertiary/aromatic N) is 3. The first kappa shape index (κ1) is 17.4. The zero-order chi connectivity index (χ0) is 20.8. The second kappa shape index (κ2) is 6.81. The van der Waals surface area contributed by atoms with Crippen molar-refractivity contribution in [2.24, 2.45) is 0 Å². The molecule has 0 saturated heterocycles. The minimum Gasteiger partial charge on any atom is -0.421 e. The van der Waals surface area contributed by atoms with Crippen LogP contribution in [0.5, 0.6) is 0 Å². The largest absolute Gasteiger partial charge is 0.421 e. The Balaban J connectivity index is 1.63. The Labute approximate surface area is 176 Å². The minimum absolute atomic E-state index is 0.347. The van der Waals surface area contributed by atoms with Crippen molar-refractivity contribution in [1.82, 2.24) is 19.7 Å². The number of hydrogen-bond donors (Lipinski definition) is 1. The SMILES string of the molecule is O=c1oc2ccccc2c2nc(-c3cn(-c4ccccc4)nc3-c3ccccc3)[nH]c12. The van der Waals surface area contributed by atoms with Gasteiger partial charge in [0, 0.05) is 17.1 Å². The molecule has 6 nitrogen and oxygen atoms in total. The number of benzene rings is 3. The average Bonchev–Trinajstić information content (AvgIpc) is 3.46. The number of aromatic amines is 1. The topological polar surface area (TPSA) is 76.7 Å². The van der Waals surface area contributed by atoms with Crippen molar-refractivity contribution in [1.29, 1.82) is 0 Å². The number of fused-ring (bicyclic) bond motifs is 3. The van der Waals surface area contributed by atoms with E-state index < -0.39 is 5.63 Å². The first-order valence-corrected chi connectivity index (χ1v) is 9.90. The van der Waals surface area contributed by atoms with Crippen molar-refractivity contribution in [3.05, 3.63) is 102 Å². The fraction of sp³-hybridized carbons (Fsp3) is 0. The lowest BCUT2D eigenvalue weighted by atomic mass is 10.1. The maximum atomic E-state index is 12.6. The Bertz CT molecular complexity index is 1600. The Morgan fingerprint density at radius 3 is 2.35 bits per heavy atom. The van der Waals surface area contributed by atoms with Crippen LogP contribution in [0.4, 0.5) is 0 Å². The molecule has 3 aromatic heterocycles. The third kappa shape index (κ3) is 2.85. The van der Waals surface area contributed by atoms with Crippen molar-refractivity contribution >= 4 is 22.0 Å². The standard InChI is InChI=1S/C25H16N4O2/c30-25-23-22(18-13-7-8-14-20(18)31-25)26-24(27-23)19-15-29(17-11-5-2-6-12-17)28-21(19)16-9-3-1-4-10-16/h1-15H,(H,26,27). The van der Waals surface area contributed by atoms with Crippen molar-refractivity contribution in [2.75, 3.05) is 0 Å². The van der Waals surface area contributed by atoms with Gasteiger partial charge in [-0.25, -0.2) is 14.5 Å². The van der Waals surface area contributed by atoms with Gasteiger partial charge in [-0.05, 0) is 24.3 Å². The van der Waals surface area contributed by atoms with Gasteiger partial charge in [-0.15, -0.1) is 0 Å². The van der Waals surface area contributed by atoms with E-state index in [0.717, 1.165) is 27.9 Å². The number of nitrogens with one attached hydrogen (secondary N) is 1. The molecule has 1 N–H and O–H groups in total. The number of imidazole rings is 1. The van der Waals surface area contributed by atoms with Gasteiger partial charge in [0.2, 0.25) is 0 Å². The molecule has 0 aliphatic rings. The molecule has 6 aromatic rings. The molecule has 0 spiro atoms. The number of para-hydroxylation sites is 2. The van der Waals surface area contributed by atoms with Gasteiger partial charge >= 0.3 is 5.63 Å². The van der Waals surface area contributed by atoms with Crippen LogP contribution >= 0.6 is 0 Å². The molecule has 0 amide bonds. The summed E-state index contributed by atoms with van der Waals surface area (Å²) in [5.41, 5.74) is 4.49. The van der Waals surface area contributed by atoms with Crippen molar-refractivity contribution in [2.45, 2.75) is 0 Å². The van der Waals surface area contributed by atoms with Gasteiger partial charge in [-0.1, -0.05) is 60.7 Å². The summed E-state index contributed by atoms with van der Waals surface area (Å²) in [5.74, 6) is 0.569. The van der Waals surface area contributed by atoms with Crippen LogP contribution < -0.4 is 5.63 Å². The molecule has 0 unspecified atom stereocenters. The van der Waals surface area contributed by atoms with Gasteiger partial charge < -0.3 is 9.40 Å². The van der Waals surface area contributed by atoms with E-state index in [0.29, 0.717) is 22.4 Å². The van der Waals surface area contributed by atoms with Gasteiger partial charge in [0.05, 0.1) is 11.3 Å². The highest BCUT2D eigenvalue weighted by molar-refractivity contribution is 6.01. The molecule has 3 heterocycles. The van der Waals surface area contributed by atoms with E-state index in [1.807, 2.05) is 89.7 Å². The zero-order valence-corrected chi connectivity index (χ0v) is 16.3. The van der Waals surface area contributed by atoms with Crippen LogP contribution in [0.3, 0.4) is 0 Å². The van der Waals surface area contributed by atoms with Crippen molar-refractivity contribution < 1.29 is 4.42 Å². The number of H-pyrrole nitrogens is 1. The van der Waals surface area contributed by atoms with Crippen molar-refractivity contribution in [3.63, 3.8) is 0 Å². The molecule has 3 aromatic carbocycles. The second-order valence-electron chi connectivity index (χ2n) is 7.23. The molecular formula is C25H16N4O2. The van der Waals surface area contributed by atoms with Crippen LogP contribution in [-0.4, -0.2) is 19.7 Å². The van der Waals surface area contributed by atoms with E-state index in [9.17, 15) is 4.79 Å². The van der Waals surface area contributed by atoms with E-state index in [4.69, 9.17) is 14.5 Å². The highest BCUT2D eigenvalue weighted by atomic mass is 16.4. The van der Waals surface area contributed by atoms with Gasteiger partial charge in [0.15, 0.2) is 5.52 Å². The van der Waals surface area contributed by atoms with Crippen LogP contribution in [0.25, 0.3) is 50.3 Å². The van der Waals surface area contributed by atoms with E-state index in [1.165, 1.54) is 0 Å². The first-order chi connectivity index (χ1) is 15.3. The summed E-state index contributed by atoms with van der Waals surface area (Å²) < 4.78 is 7.29. The minimum atomic E-state index is -0.441. The smallest absolute Gasteiger partial charge is 0.362 e.